The number of nitrogens with one attached hydrogen (secondary N) is 1. The van der Waals surface area contributed by atoms with Crippen molar-refractivity contribution in [1.29, 1.82) is 0 Å². The molecule has 1 aliphatic carbocycles. The number of aromatic nitrogens is 2. The fourth-order valence-corrected chi connectivity index (χ4v) is 2.45. The first-order chi connectivity index (χ1) is 9.22. The fraction of sp³-hybridized carbons (Fsp3) is 0.214. The van der Waals surface area contributed by atoms with E-state index < -0.39 is 0 Å². The number of halogens is 1. The van der Waals surface area contributed by atoms with Gasteiger partial charge in [0, 0.05) is 11.6 Å². The first-order valence-corrected chi connectivity index (χ1v) is 6.51. The second-order valence-electron chi connectivity index (χ2n) is 4.52. The van der Waals surface area contributed by atoms with Crippen LogP contribution in [0.1, 0.15) is 27.9 Å². The largest absolute Gasteiger partial charge is 0.306 e. The number of anilines is 1. The minimum absolute atomic E-state index is 0.176. The smallest absolute Gasteiger partial charge is 0.256 e. The highest BCUT2D eigenvalue weighted by Crippen LogP contribution is 2.23. The van der Waals surface area contributed by atoms with E-state index in [1.165, 1.54) is 29.9 Å². The number of carbonyl (C=O) groups excluding carboxylic acids is 1. The van der Waals surface area contributed by atoms with E-state index in [0.29, 0.717) is 16.5 Å². The van der Waals surface area contributed by atoms with Crippen LogP contribution < -0.4 is 5.32 Å². The van der Waals surface area contributed by atoms with E-state index in [2.05, 4.69) is 15.3 Å². The second-order valence-corrected chi connectivity index (χ2v) is 4.90. The minimum Gasteiger partial charge on any atom is -0.306 e. The summed E-state index contributed by atoms with van der Waals surface area (Å²) in [6.45, 7) is 0. The predicted molar refractivity (Wildman–Crippen MR) is 73.5 cm³/mol. The molecule has 0 aliphatic heterocycles. The molecule has 0 saturated carbocycles. The van der Waals surface area contributed by atoms with Crippen LogP contribution in [0, 0.1) is 0 Å². The summed E-state index contributed by atoms with van der Waals surface area (Å²) in [5.74, 6) is 0.231. The zero-order valence-electron chi connectivity index (χ0n) is 10.2. The molecule has 0 bridgehead atoms. The molecule has 3 rings (SSSR count). The average molecular weight is 274 g/mol. The lowest BCUT2D eigenvalue weighted by atomic mass is 10.1. The molecule has 0 radical (unpaired) electrons. The van der Waals surface area contributed by atoms with Crippen LogP contribution in [-0.4, -0.2) is 15.9 Å². The zero-order valence-corrected chi connectivity index (χ0v) is 10.9. The molecule has 96 valence electrons. The Morgan fingerprint density at radius 3 is 2.84 bits per heavy atom. The van der Waals surface area contributed by atoms with Gasteiger partial charge in [0.15, 0.2) is 0 Å². The van der Waals surface area contributed by atoms with E-state index in [4.69, 9.17) is 11.6 Å². The molecule has 5 heteroatoms. The van der Waals surface area contributed by atoms with Gasteiger partial charge in [-0.1, -0.05) is 17.7 Å². The SMILES string of the molecule is O=C(Nc1cc(Cl)ncn1)c1ccc2c(c1)CCC2. The Morgan fingerprint density at radius 1 is 1.16 bits per heavy atom. The lowest BCUT2D eigenvalue weighted by molar-refractivity contribution is 0.102. The Hall–Kier alpha value is -1.94. The third kappa shape index (κ3) is 2.58. The number of benzene rings is 1. The van der Waals surface area contributed by atoms with Crippen molar-refractivity contribution in [2.45, 2.75) is 19.3 Å². The van der Waals surface area contributed by atoms with E-state index in [-0.39, 0.29) is 5.91 Å². The maximum absolute atomic E-state index is 12.1. The van der Waals surface area contributed by atoms with Gasteiger partial charge in [-0.2, -0.15) is 0 Å². The van der Waals surface area contributed by atoms with Gasteiger partial charge in [0.1, 0.15) is 17.3 Å². The fourth-order valence-electron chi connectivity index (χ4n) is 2.30. The Labute approximate surface area is 115 Å². The van der Waals surface area contributed by atoms with Crippen LogP contribution in [0.4, 0.5) is 5.82 Å². The second kappa shape index (κ2) is 4.97. The van der Waals surface area contributed by atoms with Gasteiger partial charge in [-0.25, -0.2) is 9.97 Å². The van der Waals surface area contributed by atoms with Gasteiger partial charge in [-0.15, -0.1) is 0 Å². The van der Waals surface area contributed by atoms with Crippen molar-refractivity contribution < 1.29 is 4.79 Å². The number of aryl methyl sites for hydroxylation is 2. The van der Waals surface area contributed by atoms with Gasteiger partial charge >= 0.3 is 0 Å². The molecule has 19 heavy (non-hydrogen) atoms. The van der Waals surface area contributed by atoms with Crippen LogP contribution >= 0.6 is 11.6 Å². The summed E-state index contributed by atoms with van der Waals surface area (Å²) < 4.78 is 0. The van der Waals surface area contributed by atoms with Crippen LogP contribution in [0.25, 0.3) is 0 Å². The van der Waals surface area contributed by atoms with Gasteiger partial charge in [0.2, 0.25) is 0 Å². The quantitative estimate of drug-likeness (QED) is 0.856. The molecule has 1 aromatic heterocycles. The number of hydrogen-bond acceptors (Lipinski definition) is 3. The zero-order chi connectivity index (χ0) is 13.2. The predicted octanol–water partition coefficient (Wildman–Crippen LogP) is 2.87. The van der Waals surface area contributed by atoms with Crippen molar-refractivity contribution in [1.82, 2.24) is 9.97 Å². The van der Waals surface area contributed by atoms with Crippen LogP contribution in [0.2, 0.25) is 5.15 Å². The monoisotopic (exact) mass is 273 g/mol. The van der Waals surface area contributed by atoms with Crippen LogP contribution in [-0.2, 0) is 12.8 Å². The summed E-state index contributed by atoms with van der Waals surface area (Å²) in [5, 5.41) is 3.02. The third-order valence-corrected chi connectivity index (χ3v) is 3.44. The minimum atomic E-state index is -0.176. The summed E-state index contributed by atoms with van der Waals surface area (Å²) in [5.41, 5.74) is 3.27. The van der Waals surface area contributed by atoms with E-state index >= 15 is 0 Å². The van der Waals surface area contributed by atoms with Gasteiger partial charge in [0.05, 0.1) is 0 Å². The molecule has 1 aliphatic rings. The highest BCUT2D eigenvalue weighted by molar-refractivity contribution is 6.29. The van der Waals surface area contributed by atoms with Crippen molar-refractivity contribution in [2.24, 2.45) is 0 Å². The Morgan fingerprint density at radius 2 is 2.00 bits per heavy atom. The van der Waals surface area contributed by atoms with Crippen molar-refractivity contribution in [3.05, 3.63) is 52.4 Å². The van der Waals surface area contributed by atoms with E-state index in [1.807, 2.05) is 18.2 Å². The molecule has 0 saturated heterocycles. The Balaban J connectivity index is 1.81. The van der Waals surface area contributed by atoms with Crippen molar-refractivity contribution in [3.8, 4) is 0 Å². The normalized spacial score (nSPS) is 13.1. The van der Waals surface area contributed by atoms with Crippen molar-refractivity contribution in [2.75, 3.05) is 5.32 Å². The van der Waals surface area contributed by atoms with E-state index in [9.17, 15) is 4.79 Å². The number of fused-ring (bicyclic) bond motifs is 1. The molecule has 0 spiro atoms. The van der Waals surface area contributed by atoms with E-state index in [1.54, 1.807) is 0 Å². The number of hydrogen-bond donors (Lipinski definition) is 1. The van der Waals surface area contributed by atoms with Crippen LogP contribution in [0.15, 0.2) is 30.6 Å². The highest BCUT2D eigenvalue weighted by Gasteiger charge is 2.14. The maximum atomic E-state index is 12.1. The van der Waals surface area contributed by atoms with Crippen LogP contribution in [0.5, 0.6) is 0 Å². The molecule has 1 aromatic carbocycles. The maximum Gasteiger partial charge on any atom is 0.256 e. The molecule has 0 atom stereocenters. The molecule has 1 N–H and O–H groups in total. The standard InChI is InChI=1S/C14H12ClN3O/c15-12-7-13(17-8-16-12)18-14(19)11-5-4-9-2-1-3-10(9)6-11/h4-8H,1-3H2,(H,16,17,18,19). The average Bonchev–Trinajstić information content (AvgIpc) is 2.85. The number of carbonyl (C=O) groups is 1. The summed E-state index contributed by atoms with van der Waals surface area (Å²) in [4.78, 5) is 19.8. The molecule has 1 amide bonds. The third-order valence-electron chi connectivity index (χ3n) is 3.24. The van der Waals surface area contributed by atoms with Crippen molar-refractivity contribution in [3.63, 3.8) is 0 Å². The summed E-state index contributed by atoms with van der Waals surface area (Å²) in [6, 6.07) is 7.36. The first kappa shape index (κ1) is 12.1. The highest BCUT2D eigenvalue weighted by atomic mass is 35.5. The summed E-state index contributed by atoms with van der Waals surface area (Å²) >= 11 is 5.75. The molecule has 2 aromatic rings. The number of amides is 1. The topological polar surface area (TPSA) is 54.9 Å². The van der Waals surface area contributed by atoms with Crippen LogP contribution in [0.3, 0.4) is 0 Å². The number of rotatable bonds is 2. The Bertz CT molecular complexity index is 642. The Kier molecular flexibility index (Phi) is 3.17. The van der Waals surface area contributed by atoms with Gasteiger partial charge in [-0.3, -0.25) is 4.79 Å². The number of nitrogens with zero attached hydrogens (tertiary/aromatic N) is 2. The molecular weight excluding hydrogens is 262 g/mol. The van der Waals surface area contributed by atoms with Gasteiger partial charge < -0.3 is 5.32 Å². The summed E-state index contributed by atoms with van der Waals surface area (Å²) in [7, 11) is 0. The van der Waals surface area contributed by atoms with Gasteiger partial charge in [0.25, 0.3) is 5.91 Å². The molecule has 1 heterocycles. The molecular formula is C14H12ClN3O. The summed E-state index contributed by atoms with van der Waals surface area (Å²) in [6.07, 6.45) is 4.65. The first-order valence-electron chi connectivity index (χ1n) is 6.13. The molecule has 4 nitrogen and oxygen atoms in total. The van der Waals surface area contributed by atoms with Gasteiger partial charge in [-0.05, 0) is 42.5 Å². The lowest BCUT2D eigenvalue weighted by Crippen LogP contribution is -2.13. The molecule has 0 unspecified atom stereocenters. The van der Waals surface area contributed by atoms with Crippen molar-refractivity contribution >= 4 is 23.3 Å². The lowest BCUT2D eigenvalue weighted by Gasteiger charge is -2.06. The molecule has 0 fully saturated rings. The van der Waals surface area contributed by atoms with E-state index in [0.717, 1.165) is 12.8 Å².